The fourth-order valence-corrected chi connectivity index (χ4v) is 10.2. The van der Waals surface area contributed by atoms with Gasteiger partial charge in [0.05, 0.1) is 6.61 Å². The topological polar surface area (TPSA) is 128 Å². The summed E-state index contributed by atoms with van der Waals surface area (Å²) in [7, 11) is 0. The summed E-state index contributed by atoms with van der Waals surface area (Å²) >= 11 is 1.52. The van der Waals surface area contributed by atoms with Crippen LogP contribution >= 0.6 is 11.3 Å². The first-order valence-corrected chi connectivity index (χ1v) is 24.7. The van der Waals surface area contributed by atoms with Gasteiger partial charge in [-0.15, -0.1) is 11.3 Å². The summed E-state index contributed by atoms with van der Waals surface area (Å²) in [5.41, 5.74) is 7.13. The predicted molar refractivity (Wildman–Crippen MR) is 260 cm³/mol. The highest BCUT2D eigenvalue weighted by atomic mass is 32.1. The van der Waals surface area contributed by atoms with Gasteiger partial charge in [0.1, 0.15) is 70.9 Å². The number of nitrogens with zero attached hydrogens (tertiary/aromatic N) is 1. The summed E-state index contributed by atoms with van der Waals surface area (Å²) in [6, 6.07) is 23.6. The van der Waals surface area contributed by atoms with Gasteiger partial charge in [0.2, 0.25) is 0 Å². The Morgan fingerprint density at radius 2 is 1.14 bits per heavy atom. The molecular formula is C54H58F6N2O8S. The standard InChI is InChI=1S/C54H58F6N2O8S/c1-4-5-35-6-12-38(13-7-35)39-14-8-36(9-15-39)31-69-45-24-25-46(49-48(45)62-50(71-49)41-18-21-43(61)22-19-41)70-32-37-10-16-40(17-11-37)42-20-23-44(65-26-28-67-51(63)33(2)53(55,56)57)47(30-42)66-27-29-68-52(64)34(3)54(58,59)60/h10-11,16-25,30,35-36,38-39H,2-9,12-15,26-29,31-32,61H2,1H3. The normalized spacial score (nSPS) is 18.4. The van der Waals surface area contributed by atoms with Crippen molar-refractivity contribution in [3.8, 4) is 44.7 Å². The first-order chi connectivity index (χ1) is 34.0. The van der Waals surface area contributed by atoms with Gasteiger partial charge < -0.3 is 34.2 Å². The van der Waals surface area contributed by atoms with Crippen molar-refractivity contribution in [1.29, 1.82) is 0 Å². The summed E-state index contributed by atoms with van der Waals surface area (Å²) < 4.78 is 112. The highest BCUT2D eigenvalue weighted by Crippen LogP contribution is 2.44. The van der Waals surface area contributed by atoms with Gasteiger partial charge in [0.25, 0.3) is 0 Å². The quantitative estimate of drug-likeness (QED) is 0.0249. The van der Waals surface area contributed by atoms with Crippen LogP contribution in [0.25, 0.3) is 31.9 Å². The number of carbonyl (C=O) groups excluding carboxylic acids is 2. The molecule has 5 aromatic rings. The number of alkyl halides is 6. The maximum Gasteiger partial charge on any atom is 0.422 e. The molecule has 71 heavy (non-hydrogen) atoms. The lowest BCUT2D eigenvalue weighted by atomic mass is 9.69. The number of aromatic nitrogens is 1. The van der Waals surface area contributed by atoms with E-state index in [1.54, 1.807) is 12.1 Å². The predicted octanol–water partition coefficient (Wildman–Crippen LogP) is 13.7. The highest BCUT2D eigenvalue weighted by Gasteiger charge is 2.39. The fraction of sp³-hybridized carbons (Fsp3) is 0.426. The number of rotatable bonds is 21. The zero-order valence-corrected chi connectivity index (χ0v) is 40.3. The summed E-state index contributed by atoms with van der Waals surface area (Å²) in [5, 5.41) is 0.809. The molecule has 0 spiro atoms. The van der Waals surface area contributed by atoms with Crippen molar-refractivity contribution in [2.45, 2.75) is 90.1 Å². The second kappa shape index (κ2) is 23.8. The molecule has 0 atom stereocenters. The lowest BCUT2D eigenvalue weighted by Crippen LogP contribution is -2.27. The molecule has 17 heteroatoms. The van der Waals surface area contributed by atoms with Gasteiger partial charge in [-0.2, -0.15) is 26.3 Å². The summed E-state index contributed by atoms with van der Waals surface area (Å²) in [6.45, 7) is 6.60. The number of nitrogen functional groups attached to an aromatic ring is 1. The fourth-order valence-electron chi connectivity index (χ4n) is 9.18. The third kappa shape index (κ3) is 14.2. The van der Waals surface area contributed by atoms with Gasteiger partial charge in [-0.25, -0.2) is 14.6 Å². The van der Waals surface area contributed by atoms with E-state index in [9.17, 15) is 35.9 Å². The number of nitrogens with two attached hydrogens (primary N) is 1. The van der Waals surface area contributed by atoms with E-state index >= 15 is 0 Å². The summed E-state index contributed by atoms with van der Waals surface area (Å²) in [6.07, 6.45) is 3.14. The van der Waals surface area contributed by atoms with E-state index in [1.807, 2.05) is 60.7 Å². The van der Waals surface area contributed by atoms with Crippen molar-refractivity contribution in [2.24, 2.45) is 23.7 Å². The SMILES string of the molecule is C=C(C(=O)OCCOc1ccc(-c2ccc(COc3ccc(OCC4CCC(C5CCC(CCC)CC5)CC4)c4nc(-c5ccc(N)cc5)sc34)cc2)cc1OCCOC(=O)C(=C)C(F)(F)F)C(F)(F)F. The first-order valence-electron chi connectivity index (χ1n) is 23.9. The molecule has 0 unspecified atom stereocenters. The largest absolute Gasteiger partial charge is 0.491 e. The van der Waals surface area contributed by atoms with Gasteiger partial charge in [0, 0.05) is 11.3 Å². The van der Waals surface area contributed by atoms with Crippen LogP contribution in [0.2, 0.25) is 0 Å². The molecule has 0 saturated heterocycles. The van der Waals surface area contributed by atoms with Crippen LogP contribution in [-0.2, 0) is 25.7 Å². The molecule has 2 saturated carbocycles. The van der Waals surface area contributed by atoms with Gasteiger partial charge >= 0.3 is 24.3 Å². The van der Waals surface area contributed by atoms with Crippen molar-refractivity contribution in [3.05, 3.63) is 109 Å². The summed E-state index contributed by atoms with van der Waals surface area (Å²) in [4.78, 5) is 28.6. The third-order valence-corrected chi connectivity index (χ3v) is 14.3. The molecule has 7 rings (SSSR count). The minimum absolute atomic E-state index is 0.0495. The smallest absolute Gasteiger partial charge is 0.422 e. The van der Waals surface area contributed by atoms with Crippen molar-refractivity contribution in [1.82, 2.24) is 4.98 Å². The molecule has 1 aromatic heterocycles. The van der Waals surface area contributed by atoms with Crippen molar-refractivity contribution in [3.63, 3.8) is 0 Å². The number of fused-ring (bicyclic) bond motifs is 1. The van der Waals surface area contributed by atoms with Crippen molar-refractivity contribution >= 4 is 39.2 Å². The lowest BCUT2D eigenvalue weighted by Gasteiger charge is -2.37. The molecule has 0 bridgehead atoms. The second-order valence-electron chi connectivity index (χ2n) is 18.1. The molecule has 0 amide bonds. The zero-order valence-electron chi connectivity index (χ0n) is 39.5. The second-order valence-corrected chi connectivity index (χ2v) is 19.1. The number of benzene rings is 4. The van der Waals surface area contributed by atoms with E-state index in [0.717, 1.165) is 55.4 Å². The molecular weight excluding hydrogens is 951 g/mol. The number of hydrogen-bond acceptors (Lipinski definition) is 11. The number of halogens is 6. The molecule has 380 valence electrons. The number of anilines is 1. The van der Waals surface area contributed by atoms with Crippen LogP contribution in [0.3, 0.4) is 0 Å². The van der Waals surface area contributed by atoms with E-state index in [2.05, 4.69) is 29.6 Å². The molecule has 0 radical (unpaired) electrons. The van der Waals surface area contributed by atoms with Crippen LogP contribution in [0, 0.1) is 23.7 Å². The van der Waals surface area contributed by atoms with Crippen molar-refractivity contribution < 1.29 is 64.4 Å². The van der Waals surface area contributed by atoms with Crippen molar-refractivity contribution in [2.75, 3.05) is 38.8 Å². The average molecular weight is 1010 g/mol. The molecule has 2 aliphatic carbocycles. The molecule has 1 heterocycles. The molecule has 2 fully saturated rings. The molecule has 4 aromatic carbocycles. The Labute approximate surface area is 413 Å². The van der Waals surface area contributed by atoms with E-state index in [4.69, 9.17) is 29.7 Å². The maximum absolute atomic E-state index is 12.9. The maximum atomic E-state index is 12.9. The van der Waals surface area contributed by atoms with Crippen LogP contribution < -0.4 is 24.7 Å². The third-order valence-electron chi connectivity index (χ3n) is 13.2. The summed E-state index contributed by atoms with van der Waals surface area (Å²) in [5.74, 6) is 1.24. The molecule has 2 N–H and O–H groups in total. The van der Waals surface area contributed by atoms with Gasteiger partial charge in [0.15, 0.2) is 11.5 Å². The number of thiazole rings is 1. The van der Waals surface area contributed by atoms with Crippen LogP contribution in [0.5, 0.6) is 23.0 Å². The first kappa shape index (κ1) is 52.6. The number of ether oxygens (including phenoxy) is 6. The van der Waals surface area contributed by atoms with Gasteiger partial charge in [-0.3, -0.25) is 0 Å². The van der Waals surface area contributed by atoms with Gasteiger partial charge in [-0.05, 0) is 127 Å². The molecule has 0 aliphatic heterocycles. The zero-order chi connectivity index (χ0) is 50.7. The van der Waals surface area contributed by atoms with Crippen LogP contribution in [0.15, 0.2) is 103 Å². The minimum Gasteiger partial charge on any atom is -0.491 e. The Balaban J connectivity index is 1.00. The lowest BCUT2D eigenvalue weighted by molar-refractivity contribution is -0.152. The van der Waals surface area contributed by atoms with Crippen LogP contribution in [0.1, 0.15) is 76.7 Å². The monoisotopic (exact) mass is 1010 g/mol. The van der Waals surface area contributed by atoms with E-state index in [1.165, 1.54) is 81.6 Å². The van der Waals surface area contributed by atoms with Crippen LogP contribution in [-0.4, -0.2) is 62.3 Å². The number of esters is 2. The molecule has 10 nitrogen and oxygen atoms in total. The van der Waals surface area contributed by atoms with E-state index < -0.39 is 61.9 Å². The van der Waals surface area contributed by atoms with Crippen LogP contribution in [0.4, 0.5) is 32.0 Å². The average Bonchev–Trinajstić information content (AvgIpc) is 3.82. The Hall–Kier alpha value is -6.23. The van der Waals surface area contributed by atoms with Gasteiger partial charge in [-0.1, -0.05) is 76.1 Å². The van der Waals surface area contributed by atoms with E-state index in [0.29, 0.717) is 29.5 Å². The minimum atomic E-state index is -4.98. The Morgan fingerprint density at radius 1 is 0.620 bits per heavy atom. The number of hydrogen-bond donors (Lipinski definition) is 1. The highest BCUT2D eigenvalue weighted by molar-refractivity contribution is 7.22. The number of carbonyl (C=O) groups is 2. The molecule has 2 aliphatic rings. The Bertz CT molecular complexity index is 2620. The Kier molecular flexibility index (Phi) is 17.6. The van der Waals surface area contributed by atoms with E-state index in [-0.39, 0.29) is 18.1 Å². The Morgan fingerprint density at radius 3 is 1.72 bits per heavy atom.